The maximum atomic E-state index is 12.9. The number of hydrogen-bond donors (Lipinski definition) is 6. The minimum atomic E-state index is -1.58. The number of amides is 1. The summed E-state index contributed by atoms with van der Waals surface area (Å²) in [4.78, 5) is 12.9. The zero-order chi connectivity index (χ0) is 41.6. The van der Waals surface area contributed by atoms with Gasteiger partial charge in [0.2, 0.25) is 5.91 Å². The van der Waals surface area contributed by atoms with Crippen LogP contribution in [-0.4, -0.2) is 87.5 Å². The lowest BCUT2D eigenvalue weighted by atomic mass is 9.99. The molecule has 9 nitrogen and oxygen atoms in total. The van der Waals surface area contributed by atoms with Gasteiger partial charge in [0.1, 0.15) is 24.4 Å². The van der Waals surface area contributed by atoms with Crippen LogP contribution in [0.3, 0.4) is 0 Å². The SMILES string of the molecule is CCCCCC/C=C\C/C=C\CCCCCCCC(=O)NC(COC1OC(CO)C(O)C(O)C1O)C(O)/C=C/CC/C=C/CC/C=C/CCCCCCCCCC. The predicted molar refractivity (Wildman–Crippen MR) is 235 cm³/mol. The molecule has 1 saturated heterocycles. The van der Waals surface area contributed by atoms with Gasteiger partial charge in [0.25, 0.3) is 0 Å². The van der Waals surface area contributed by atoms with Crippen LogP contribution in [0.1, 0.15) is 181 Å². The smallest absolute Gasteiger partial charge is 0.220 e. The van der Waals surface area contributed by atoms with E-state index in [0.29, 0.717) is 6.42 Å². The lowest BCUT2D eigenvalue weighted by Gasteiger charge is -2.40. The van der Waals surface area contributed by atoms with Gasteiger partial charge in [-0.3, -0.25) is 4.79 Å². The van der Waals surface area contributed by atoms with Crippen molar-refractivity contribution in [1.82, 2.24) is 5.32 Å². The van der Waals surface area contributed by atoms with Crippen molar-refractivity contribution in [3.63, 3.8) is 0 Å². The molecule has 0 aromatic rings. The zero-order valence-electron chi connectivity index (χ0n) is 36.1. The maximum Gasteiger partial charge on any atom is 0.220 e. The summed E-state index contributed by atoms with van der Waals surface area (Å²) in [6, 6.07) is -0.836. The molecule has 7 atom stereocenters. The Labute approximate surface area is 347 Å². The monoisotopic (exact) mass is 804 g/mol. The zero-order valence-corrected chi connectivity index (χ0v) is 36.1. The van der Waals surface area contributed by atoms with Gasteiger partial charge < -0.3 is 40.3 Å². The summed E-state index contributed by atoms with van der Waals surface area (Å²) in [6.45, 7) is 3.71. The van der Waals surface area contributed by atoms with Crippen molar-refractivity contribution >= 4 is 5.91 Å². The van der Waals surface area contributed by atoms with Crippen molar-refractivity contribution in [2.24, 2.45) is 0 Å². The normalized spacial score (nSPS) is 21.6. The van der Waals surface area contributed by atoms with Crippen LogP contribution in [0.2, 0.25) is 0 Å². The number of carbonyl (C=O) groups excluding carboxylic acids is 1. The van der Waals surface area contributed by atoms with Crippen molar-refractivity contribution < 1.29 is 39.8 Å². The van der Waals surface area contributed by atoms with Crippen molar-refractivity contribution in [1.29, 1.82) is 0 Å². The number of nitrogens with one attached hydrogen (secondary N) is 1. The third-order valence-corrected chi connectivity index (χ3v) is 10.5. The largest absolute Gasteiger partial charge is 0.394 e. The second kappa shape index (κ2) is 38.1. The molecule has 57 heavy (non-hydrogen) atoms. The summed E-state index contributed by atoms with van der Waals surface area (Å²) in [7, 11) is 0. The Morgan fingerprint density at radius 1 is 0.596 bits per heavy atom. The van der Waals surface area contributed by atoms with Gasteiger partial charge in [0, 0.05) is 6.42 Å². The summed E-state index contributed by atoms with van der Waals surface area (Å²) >= 11 is 0. The second-order valence-electron chi connectivity index (χ2n) is 15.8. The lowest BCUT2D eigenvalue weighted by molar-refractivity contribution is -0.302. The molecule has 0 aromatic heterocycles. The van der Waals surface area contributed by atoms with E-state index in [9.17, 15) is 30.3 Å². The number of hydrogen-bond acceptors (Lipinski definition) is 8. The third-order valence-electron chi connectivity index (χ3n) is 10.5. The molecule has 6 N–H and O–H groups in total. The van der Waals surface area contributed by atoms with E-state index >= 15 is 0 Å². The highest BCUT2D eigenvalue weighted by molar-refractivity contribution is 5.76. The molecular weight excluding hydrogens is 719 g/mol. The first-order valence-corrected chi connectivity index (χ1v) is 23.0. The number of aliphatic hydroxyl groups excluding tert-OH is 5. The molecular formula is C48H85NO8. The lowest BCUT2D eigenvalue weighted by Crippen LogP contribution is -2.60. The molecule has 0 radical (unpaired) electrons. The first-order chi connectivity index (χ1) is 27.8. The highest BCUT2D eigenvalue weighted by Gasteiger charge is 2.44. The summed E-state index contributed by atoms with van der Waals surface area (Å²) in [6.07, 6.45) is 42.6. The molecule has 0 saturated carbocycles. The van der Waals surface area contributed by atoms with Crippen LogP contribution >= 0.6 is 0 Å². The van der Waals surface area contributed by atoms with Crippen LogP contribution in [0.4, 0.5) is 0 Å². The van der Waals surface area contributed by atoms with Gasteiger partial charge in [-0.05, 0) is 77.0 Å². The Balaban J connectivity index is 2.42. The Morgan fingerprint density at radius 3 is 1.60 bits per heavy atom. The Kier molecular flexibility index (Phi) is 35.4. The van der Waals surface area contributed by atoms with Gasteiger partial charge >= 0.3 is 0 Å². The molecule has 0 bridgehead atoms. The summed E-state index contributed by atoms with van der Waals surface area (Å²) < 4.78 is 11.2. The van der Waals surface area contributed by atoms with Crippen LogP contribution in [0.5, 0.6) is 0 Å². The average Bonchev–Trinajstić information content (AvgIpc) is 3.21. The molecule has 330 valence electrons. The molecule has 1 rings (SSSR count). The molecule has 1 amide bonds. The Morgan fingerprint density at radius 2 is 1.05 bits per heavy atom. The summed E-state index contributed by atoms with van der Waals surface area (Å²) in [5, 5.41) is 54.1. The van der Waals surface area contributed by atoms with E-state index < -0.39 is 49.5 Å². The van der Waals surface area contributed by atoms with Crippen LogP contribution in [-0.2, 0) is 14.3 Å². The average molecular weight is 804 g/mol. The van der Waals surface area contributed by atoms with Crippen molar-refractivity contribution in [3.8, 4) is 0 Å². The van der Waals surface area contributed by atoms with Crippen LogP contribution in [0.15, 0.2) is 60.8 Å². The number of carbonyl (C=O) groups is 1. The van der Waals surface area contributed by atoms with E-state index in [1.165, 1.54) is 83.5 Å². The fraction of sp³-hybridized carbons (Fsp3) is 0.771. The minimum absolute atomic E-state index is 0.207. The minimum Gasteiger partial charge on any atom is -0.394 e. The molecule has 0 aromatic carbocycles. The molecule has 9 heteroatoms. The number of allylic oxidation sites excluding steroid dienone is 9. The second-order valence-corrected chi connectivity index (χ2v) is 15.8. The Hall–Kier alpha value is -2.11. The molecule has 0 spiro atoms. The number of aliphatic hydroxyl groups is 5. The van der Waals surface area contributed by atoms with Crippen molar-refractivity contribution in [2.45, 2.75) is 224 Å². The molecule has 1 aliphatic rings. The van der Waals surface area contributed by atoms with E-state index in [2.05, 4.69) is 67.8 Å². The van der Waals surface area contributed by atoms with Gasteiger partial charge in [0.05, 0.1) is 25.4 Å². The van der Waals surface area contributed by atoms with Gasteiger partial charge in [-0.25, -0.2) is 0 Å². The Bertz CT molecular complexity index is 1070. The van der Waals surface area contributed by atoms with Crippen molar-refractivity contribution in [3.05, 3.63) is 60.8 Å². The quantitative estimate of drug-likeness (QED) is 0.0269. The van der Waals surface area contributed by atoms with Crippen LogP contribution in [0.25, 0.3) is 0 Å². The van der Waals surface area contributed by atoms with Crippen molar-refractivity contribution in [2.75, 3.05) is 13.2 Å². The van der Waals surface area contributed by atoms with Gasteiger partial charge in [0.15, 0.2) is 6.29 Å². The summed E-state index contributed by atoms with van der Waals surface area (Å²) in [5.41, 5.74) is 0. The fourth-order valence-corrected chi connectivity index (χ4v) is 6.80. The highest BCUT2D eigenvalue weighted by Crippen LogP contribution is 2.22. The number of rotatable bonds is 37. The highest BCUT2D eigenvalue weighted by atomic mass is 16.7. The standard InChI is InChI=1S/C48H85NO8/c1-3-5-7-9-11-13-15-17-19-21-22-23-25-27-29-31-33-35-37-42(51)41(40-56-48-47(55)46(54)45(53)43(39-50)57-48)49-44(52)38-36-34-32-30-28-26-24-20-18-16-14-12-10-8-6-4-2/h14,16,20-22,24,27,29,35,37,41-43,45-48,50-51,53-55H,3-13,15,17-19,23,25-26,28,30-34,36,38-40H2,1-2H3,(H,49,52)/b16-14-,22-21+,24-20-,29-27+,37-35+. The molecule has 1 aliphatic heterocycles. The maximum absolute atomic E-state index is 12.9. The fourth-order valence-electron chi connectivity index (χ4n) is 6.80. The number of unbranched alkanes of at least 4 members (excludes halogenated alkanes) is 19. The van der Waals surface area contributed by atoms with Crippen LogP contribution in [0, 0.1) is 0 Å². The van der Waals surface area contributed by atoms with E-state index in [1.54, 1.807) is 6.08 Å². The van der Waals surface area contributed by atoms with E-state index in [4.69, 9.17) is 9.47 Å². The molecule has 7 unspecified atom stereocenters. The first-order valence-electron chi connectivity index (χ1n) is 23.0. The van der Waals surface area contributed by atoms with E-state index in [0.717, 1.165) is 77.0 Å². The first kappa shape index (κ1) is 52.9. The molecule has 1 fully saturated rings. The van der Waals surface area contributed by atoms with Gasteiger partial charge in [-0.1, -0.05) is 158 Å². The molecule has 0 aliphatic carbocycles. The predicted octanol–water partition coefficient (Wildman–Crippen LogP) is 9.61. The molecule has 1 heterocycles. The number of ether oxygens (including phenoxy) is 2. The topological polar surface area (TPSA) is 149 Å². The van der Waals surface area contributed by atoms with Gasteiger partial charge in [-0.2, -0.15) is 0 Å². The van der Waals surface area contributed by atoms with E-state index in [-0.39, 0.29) is 12.5 Å². The van der Waals surface area contributed by atoms with Crippen LogP contribution < -0.4 is 5.32 Å². The van der Waals surface area contributed by atoms with E-state index in [1.807, 2.05) is 6.08 Å². The third kappa shape index (κ3) is 28.9. The summed E-state index contributed by atoms with van der Waals surface area (Å²) in [5.74, 6) is -0.207. The van der Waals surface area contributed by atoms with Gasteiger partial charge in [-0.15, -0.1) is 0 Å².